The van der Waals surface area contributed by atoms with Crippen LogP contribution in [-0.2, 0) is 40.8 Å². The zero-order valence-corrected chi connectivity index (χ0v) is 19.4. The Hall–Kier alpha value is -1.98. The second kappa shape index (κ2) is 12.3. The van der Waals surface area contributed by atoms with Gasteiger partial charge in [-0.3, -0.25) is 27.8 Å². The standard InChI is InChI=1S/2C7H5NO3S.Na.2H2O4S.H/c2*9-7-5-3-1-2-4-6(5)12(10,11)8-7;;2*1-5(2,3)4;/h2*1-4H,(H,8,9);;2*(H2,1,2,3,4);. The number of hydrogen-bond donors (Lipinski definition) is 6. The van der Waals surface area contributed by atoms with Crippen molar-refractivity contribution in [3.63, 3.8) is 0 Å². The first-order valence-electron chi connectivity index (χ1n) is 7.94. The molecule has 190 valence electrons. The van der Waals surface area contributed by atoms with Gasteiger partial charge in [0.1, 0.15) is 9.79 Å². The van der Waals surface area contributed by atoms with Gasteiger partial charge in [-0.2, -0.15) is 16.8 Å². The third-order valence-corrected chi connectivity index (χ3v) is 6.07. The van der Waals surface area contributed by atoms with Crippen LogP contribution in [0.15, 0.2) is 58.3 Å². The molecule has 0 unspecified atom stereocenters. The summed E-state index contributed by atoms with van der Waals surface area (Å²) in [5, 5.41) is 0. The monoisotopic (exact) mass is 586 g/mol. The second-order valence-electron chi connectivity index (χ2n) is 5.76. The number of fused-ring (bicyclic) bond motifs is 2. The van der Waals surface area contributed by atoms with Crippen LogP contribution in [0.4, 0.5) is 0 Å². The fourth-order valence-electron chi connectivity index (χ4n) is 2.24. The van der Waals surface area contributed by atoms with Crippen LogP contribution in [0.1, 0.15) is 20.7 Å². The number of benzene rings is 2. The molecule has 0 bridgehead atoms. The molecule has 4 rings (SSSR count). The van der Waals surface area contributed by atoms with Crippen LogP contribution in [-0.4, -0.2) is 93.3 Å². The summed E-state index contributed by atoms with van der Waals surface area (Å²) >= 11 is 0. The van der Waals surface area contributed by atoms with E-state index in [0.717, 1.165) is 0 Å². The van der Waals surface area contributed by atoms with E-state index in [1.165, 1.54) is 24.3 Å². The summed E-state index contributed by atoms with van der Waals surface area (Å²) < 4.78 is 111. The van der Waals surface area contributed by atoms with Gasteiger partial charge in [-0.1, -0.05) is 24.3 Å². The second-order valence-corrected chi connectivity index (χ2v) is 10.9. The zero-order valence-electron chi connectivity index (χ0n) is 16.1. The van der Waals surface area contributed by atoms with Gasteiger partial charge in [-0.05, 0) is 24.3 Å². The van der Waals surface area contributed by atoms with Crippen LogP contribution in [0.3, 0.4) is 0 Å². The Morgan fingerprint density at radius 1 is 0.571 bits per heavy atom. The normalized spacial score (nSPS) is 16.0. The van der Waals surface area contributed by atoms with Gasteiger partial charge in [0.2, 0.25) is 0 Å². The molecule has 6 N–H and O–H groups in total. The summed E-state index contributed by atoms with van der Waals surface area (Å²) in [5.41, 5.74) is 0.440. The molecule has 21 heteroatoms. The molecule has 35 heavy (non-hydrogen) atoms. The van der Waals surface area contributed by atoms with Crippen LogP contribution in [0.5, 0.6) is 0 Å². The summed E-state index contributed by atoms with van der Waals surface area (Å²) in [6, 6.07) is 12.2. The summed E-state index contributed by atoms with van der Waals surface area (Å²) in [6.07, 6.45) is 0. The molecule has 0 saturated heterocycles. The minimum absolute atomic E-state index is 0. The number of carbonyl (C=O) groups is 2. The molecule has 2 aromatic rings. The van der Waals surface area contributed by atoms with Crippen molar-refractivity contribution in [1.29, 1.82) is 0 Å². The van der Waals surface area contributed by atoms with E-state index in [-0.39, 0.29) is 50.5 Å². The molecule has 2 amide bonds. The van der Waals surface area contributed by atoms with Gasteiger partial charge >= 0.3 is 50.4 Å². The molecule has 2 aliphatic heterocycles. The summed E-state index contributed by atoms with van der Waals surface area (Å²) in [6.45, 7) is 0. The van der Waals surface area contributed by atoms with E-state index in [2.05, 4.69) is 0 Å². The third kappa shape index (κ3) is 11.5. The van der Waals surface area contributed by atoms with Gasteiger partial charge in [-0.25, -0.2) is 26.3 Å². The zero-order chi connectivity index (χ0) is 26.5. The quantitative estimate of drug-likeness (QED) is 0.148. The molecular formula is C14H15N2NaO14S4. The third-order valence-electron chi connectivity index (χ3n) is 3.30. The Bertz CT molecular complexity index is 1400. The number of nitrogens with one attached hydrogen (secondary N) is 2. The predicted octanol–water partition coefficient (Wildman–Crippen LogP) is -1.72. The first-order valence-corrected chi connectivity index (χ1v) is 13.7. The fraction of sp³-hybridized carbons (Fsp3) is 0. The van der Waals surface area contributed by atoms with Crippen LogP contribution in [0.2, 0.25) is 0 Å². The summed E-state index contributed by atoms with van der Waals surface area (Å²) in [5.74, 6) is -1.10. The van der Waals surface area contributed by atoms with Crippen molar-refractivity contribution in [2.45, 2.75) is 9.79 Å². The van der Waals surface area contributed by atoms with E-state index in [0.29, 0.717) is 0 Å². The number of hydrogen-bond acceptors (Lipinski definition) is 10. The first-order chi connectivity index (χ1) is 15.2. The van der Waals surface area contributed by atoms with Crippen molar-refractivity contribution in [2.24, 2.45) is 0 Å². The average Bonchev–Trinajstić information content (AvgIpc) is 3.02. The van der Waals surface area contributed by atoms with Gasteiger partial charge in [0.15, 0.2) is 0 Å². The Morgan fingerprint density at radius 2 is 0.800 bits per heavy atom. The van der Waals surface area contributed by atoms with Gasteiger partial charge < -0.3 is 0 Å². The Kier molecular flexibility index (Phi) is 11.6. The molecule has 2 aromatic carbocycles. The Balaban J connectivity index is 0.000000475. The van der Waals surface area contributed by atoms with Crippen molar-refractivity contribution in [1.82, 2.24) is 9.44 Å². The summed E-state index contributed by atoms with van der Waals surface area (Å²) in [7, 11) is -16.4. The molecule has 0 radical (unpaired) electrons. The summed E-state index contributed by atoms with van der Waals surface area (Å²) in [4.78, 5) is 22.1. The fourth-order valence-corrected chi connectivity index (χ4v) is 4.59. The van der Waals surface area contributed by atoms with E-state index in [1.807, 2.05) is 9.44 Å². The van der Waals surface area contributed by atoms with E-state index in [1.54, 1.807) is 24.3 Å². The van der Waals surface area contributed by atoms with Gasteiger partial charge in [0, 0.05) is 0 Å². The first kappa shape index (κ1) is 33.0. The maximum atomic E-state index is 11.1. The van der Waals surface area contributed by atoms with E-state index in [9.17, 15) is 26.4 Å². The number of rotatable bonds is 0. The average molecular weight is 587 g/mol. The van der Waals surface area contributed by atoms with Crippen molar-refractivity contribution in [2.75, 3.05) is 0 Å². The van der Waals surface area contributed by atoms with E-state index in [4.69, 9.17) is 35.0 Å². The minimum atomic E-state index is -4.67. The van der Waals surface area contributed by atoms with Crippen molar-refractivity contribution < 1.29 is 61.5 Å². The number of carbonyl (C=O) groups excluding carboxylic acids is 2. The van der Waals surface area contributed by atoms with Crippen molar-refractivity contribution in [3.05, 3.63) is 59.7 Å². The van der Waals surface area contributed by atoms with Gasteiger partial charge in [0.25, 0.3) is 31.9 Å². The topological polar surface area (TPSA) is 276 Å². The van der Waals surface area contributed by atoms with Gasteiger partial charge in [0.05, 0.1) is 11.1 Å². The van der Waals surface area contributed by atoms with Gasteiger partial charge in [-0.15, -0.1) is 0 Å². The number of amides is 2. The van der Waals surface area contributed by atoms with Crippen molar-refractivity contribution >= 4 is 82.2 Å². The van der Waals surface area contributed by atoms with E-state index < -0.39 is 52.7 Å². The van der Waals surface area contributed by atoms with Crippen molar-refractivity contribution in [3.8, 4) is 0 Å². The Morgan fingerprint density at radius 3 is 1.03 bits per heavy atom. The molecule has 0 spiro atoms. The molecule has 0 aliphatic carbocycles. The predicted molar refractivity (Wildman–Crippen MR) is 118 cm³/mol. The molecule has 2 aliphatic rings. The van der Waals surface area contributed by atoms with Crippen LogP contribution >= 0.6 is 0 Å². The molecule has 16 nitrogen and oxygen atoms in total. The number of sulfonamides is 2. The maximum absolute atomic E-state index is 11.1. The van der Waals surface area contributed by atoms with E-state index >= 15 is 0 Å². The molecule has 0 aromatic heterocycles. The molecular weight excluding hydrogens is 571 g/mol. The molecule has 2 heterocycles. The van der Waals surface area contributed by atoms with Crippen LogP contribution in [0.25, 0.3) is 0 Å². The van der Waals surface area contributed by atoms with Crippen LogP contribution < -0.4 is 9.44 Å². The molecule has 0 saturated carbocycles. The molecule has 0 fully saturated rings. The SMILES string of the molecule is O=C1NS(=O)(=O)c2ccccc21.O=C1NS(=O)(=O)c2ccccc21.O=S(=O)(O)O.O=S(=O)(O)O.[NaH]. The molecule has 0 atom stereocenters. The van der Waals surface area contributed by atoms with Crippen LogP contribution in [0, 0.1) is 0 Å². The Labute approximate surface area is 221 Å².